The van der Waals surface area contributed by atoms with E-state index in [-0.39, 0.29) is 24.2 Å². The topological polar surface area (TPSA) is 82.8 Å². The third kappa shape index (κ3) is 2.49. The first kappa shape index (κ1) is 15.1. The third-order valence-electron chi connectivity index (χ3n) is 6.09. The summed E-state index contributed by atoms with van der Waals surface area (Å²) in [5.74, 6) is 1.49. The van der Waals surface area contributed by atoms with Crippen molar-refractivity contribution in [2.75, 3.05) is 5.32 Å². The van der Waals surface area contributed by atoms with Crippen molar-refractivity contribution >= 4 is 17.4 Å². The standard InChI is InChI=1S/C18H23N5O2/c24-15-8-13-5-6-14(9-15)23(13)18(25)19-12-4-7-16-20-21-17(22(16)10-12)11-2-1-3-11/h4,7,10-11,13-15,24H,1-3,5-6,8-9H2,(H,19,25). The fourth-order valence-corrected chi connectivity index (χ4v) is 4.60. The molecule has 0 radical (unpaired) electrons. The quantitative estimate of drug-likeness (QED) is 0.879. The molecule has 3 fully saturated rings. The Morgan fingerprint density at radius 1 is 1.12 bits per heavy atom. The molecule has 0 spiro atoms. The Kier molecular flexibility index (Phi) is 3.45. The van der Waals surface area contributed by atoms with E-state index in [1.54, 1.807) is 0 Å². The fourth-order valence-electron chi connectivity index (χ4n) is 4.60. The number of carbonyl (C=O) groups is 1. The second-order valence-electron chi connectivity index (χ2n) is 7.68. The van der Waals surface area contributed by atoms with Crippen LogP contribution in [0.2, 0.25) is 0 Å². The largest absolute Gasteiger partial charge is 0.393 e. The lowest BCUT2D eigenvalue weighted by molar-refractivity contribution is 0.0580. The third-order valence-corrected chi connectivity index (χ3v) is 6.09. The molecule has 2 aliphatic heterocycles. The molecule has 4 heterocycles. The average molecular weight is 341 g/mol. The molecule has 7 heteroatoms. The monoisotopic (exact) mass is 341 g/mol. The fraction of sp³-hybridized carbons (Fsp3) is 0.611. The maximum Gasteiger partial charge on any atom is 0.322 e. The lowest BCUT2D eigenvalue weighted by Crippen LogP contribution is -2.49. The molecule has 2 N–H and O–H groups in total. The number of aliphatic hydroxyl groups is 1. The van der Waals surface area contributed by atoms with Gasteiger partial charge in [0.1, 0.15) is 5.82 Å². The Balaban J connectivity index is 1.37. The van der Waals surface area contributed by atoms with Gasteiger partial charge in [0, 0.05) is 24.2 Å². The van der Waals surface area contributed by atoms with Crippen LogP contribution < -0.4 is 5.32 Å². The molecule has 2 unspecified atom stereocenters. The van der Waals surface area contributed by atoms with Crippen molar-refractivity contribution in [1.29, 1.82) is 0 Å². The number of urea groups is 1. The number of aromatic nitrogens is 3. The smallest absolute Gasteiger partial charge is 0.322 e. The van der Waals surface area contributed by atoms with E-state index in [2.05, 4.69) is 15.5 Å². The van der Waals surface area contributed by atoms with Gasteiger partial charge in [0.05, 0.1) is 11.8 Å². The highest BCUT2D eigenvalue weighted by molar-refractivity contribution is 5.90. The second-order valence-corrected chi connectivity index (χ2v) is 7.68. The zero-order chi connectivity index (χ0) is 17.0. The van der Waals surface area contributed by atoms with E-state index < -0.39 is 0 Å². The number of hydrogen-bond acceptors (Lipinski definition) is 4. The van der Waals surface area contributed by atoms with Crippen LogP contribution in [-0.2, 0) is 0 Å². The van der Waals surface area contributed by atoms with Gasteiger partial charge in [0.2, 0.25) is 0 Å². The number of amides is 2. The lowest BCUT2D eigenvalue weighted by atomic mass is 9.85. The summed E-state index contributed by atoms with van der Waals surface area (Å²) in [6.07, 6.45) is 8.62. The van der Waals surface area contributed by atoms with E-state index in [4.69, 9.17) is 0 Å². The zero-order valence-electron chi connectivity index (χ0n) is 14.1. The van der Waals surface area contributed by atoms with Crippen LogP contribution in [0, 0.1) is 0 Å². The Morgan fingerprint density at radius 2 is 1.88 bits per heavy atom. The Labute approximate surface area is 146 Å². The number of piperidine rings is 1. The van der Waals surface area contributed by atoms with E-state index in [9.17, 15) is 9.90 Å². The molecule has 2 bridgehead atoms. The Morgan fingerprint density at radius 3 is 2.56 bits per heavy atom. The molecular weight excluding hydrogens is 318 g/mol. The number of hydrogen-bond donors (Lipinski definition) is 2. The van der Waals surface area contributed by atoms with Crippen LogP contribution in [0.15, 0.2) is 18.3 Å². The van der Waals surface area contributed by atoms with E-state index >= 15 is 0 Å². The van der Waals surface area contributed by atoms with Gasteiger partial charge in [-0.1, -0.05) is 6.42 Å². The summed E-state index contributed by atoms with van der Waals surface area (Å²) in [5.41, 5.74) is 1.59. The molecule has 5 rings (SSSR count). The van der Waals surface area contributed by atoms with Gasteiger partial charge in [0.15, 0.2) is 5.65 Å². The molecule has 0 aromatic carbocycles. The van der Waals surface area contributed by atoms with Gasteiger partial charge < -0.3 is 15.3 Å². The first-order valence-corrected chi connectivity index (χ1v) is 9.31. The lowest BCUT2D eigenvalue weighted by Gasteiger charge is -2.37. The van der Waals surface area contributed by atoms with Crippen molar-refractivity contribution in [2.45, 2.75) is 69.1 Å². The van der Waals surface area contributed by atoms with Crippen LogP contribution in [0.5, 0.6) is 0 Å². The van der Waals surface area contributed by atoms with Crippen molar-refractivity contribution in [3.63, 3.8) is 0 Å². The number of nitrogens with one attached hydrogen (secondary N) is 1. The Hall–Kier alpha value is -2.15. The van der Waals surface area contributed by atoms with Gasteiger partial charge >= 0.3 is 6.03 Å². The molecule has 2 aromatic rings. The number of fused-ring (bicyclic) bond motifs is 3. The predicted molar refractivity (Wildman–Crippen MR) is 92.5 cm³/mol. The number of pyridine rings is 1. The summed E-state index contributed by atoms with van der Waals surface area (Å²) in [6, 6.07) is 4.06. The second kappa shape index (κ2) is 5.69. The van der Waals surface area contributed by atoms with Crippen molar-refractivity contribution < 1.29 is 9.90 Å². The molecule has 1 saturated carbocycles. The minimum Gasteiger partial charge on any atom is -0.393 e. The van der Waals surface area contributed by atoms with Crippen LogP contribution in [0.25, 0.3) is 5.65 Å². The van der Waals surface area contributed by atoms with Gasteiger partial charge in [-0.15, -0.1) is 10.2 Å². The summed E-state index contributed by atoms with van der Waals surface area (Å²) in [6.45, 7) is 0. The molecule has 132 valence electrons. The molecule has 2 amide bonds. The molecule has 7 nitrogen and oxygen atoms in total. The summed E-state index contributed by atoms with van der Waals surface area (Å²) in [4.78, 5) is 14.7. The van der Waals surface area contributed by atoms with Crippen molar-refractivity contribution in [2.24, 2.45) is 0 Å². The number of carbonyl (C=O) groups excluding carboxylic acids is 1. The average Bonchev–Trinajstić information content (AvgIpc) is 3.05. The van der Waals surface area contributed by atoms with Crippen molar-refractivity contribution in [3.05, 3.63) is 24.2 Å². The van der Waals surface area contributed by atoms with E-state index in [1.165, 1.54) is 6.42 Å². The van der Waals surface area contributed by atoms with E-state index in [0.29, 0.717) is 18.8 Å². The van der Waals surface area contributed by atoms with Gasteiger partial charge in [-0.3, -0.25) is 4.40 Å². The molecule has 1 aliphatic carbocycles. The van der Waals surface area contributed by atoms with E-state index in [1.807, 2.05) is 27.6 Å². The minimum absolute atomic E-state index is 0.0583. The molecule has 2 atom stereocenters. The first-order valence-electron chi connectivity index (χ1n) is 9.31. The number of nitrogens with zero attached hydrogens (tertiary/aromatic N) is 4. The van der Waals surface area contributed by atoms with Crippen LogP contribution in [-0.4, -0.2) is 48.8 Å². The number of rotatable bonds is 2. The van der Waals surface area contributed by atoms with Gasteiger partial charge in [-0.05, 0) is 50.7 Å². The zero-order valence-corrected chi connectivity index (χ0v) is 14.1. The van der Waals surface area contributed by atoms with Gasteiger partial charge in [0.25, 0.3) is 0 Å². The summed E-state index contributed by atoms with van der Waals surface area (Å²) < 4.78 is 2.01. The molecule has 2 saturated heterocycles. The van der Waals surface area contributed by atoms with Crippen LogP contribution in [0.3, 0.4) is 0 Å². The van der Waals surface area contributed by atoms with Crippen LogP contribution in [0.1, 0.15) is 56.7 Å². The minimum atomic E-state index is -0.264. The van der Waals surface area contributed by atoms with Gasteiger partial charge in [-0.25, -0.2) is 4.79 Å². The highest BCUT2D eigenvalue weighted by Crippen LogP contribution is 2.37. The summed E-state index contributed by atoms with van der Waals surface area (Å²) >= 11 is 0. The number of aliphatic hydroxyl groups excluding tert-OH is 1. The summed E-state index contributed by atoms with van der Waals surface area (Å²) in [7, 11) is 0. The molecule has 25 heavy (non-hydrogen) atoms. The molecular formula is C18H23N5O2. The first-order chi connectivity index (χ1) is 12.2. The van der Waals surface area contributed by atoms with Crippen LogP contribution in [0.4, 0.5) is 10.5 Å². The maximum atomic E-state index is 12.8. The maximum absolute atomic E-state index is 12.8. The van der Waals surface area contributed by atoms with Gasteiger partial charge in [-0.2, -0.15) is 0 Å². The SMILES string of the molecule is O=C(Nc1ccc2nnc(C3CCC3)n2c1)N1C2CCC1CC(O)C2. The predicted octanol–water partition coefficient (Wildman–Crippen LogP) is 2.52. The molecule has 2 aromatic heterocycles. The summed E-state index contributed by atoms with van der Waals surface area (Å²) in [5, 5.41) is 21.5. The highest BCUT2D eigenvalue weighted by atomic mass is 16.3. The highest BCUT2D eigenvalue weighted by Gasteiger charge is 2.42. The van der Waals surface area contributed by atoms with Crippen LogP contribution >= 0.6 is 0 Å². The number of anilines is 1. The van der Waals surface area contributed by atoms with Crippen molar-refractivity contribution in [3.8, 4) is 0 Å². The van der Waals surface area contributed by atoms with Crippen molar-refractivity contribution in [1.82, 2.24) is 19.5 Å². The van der Waals surface area contributed by atoms with E-state index in [0.717, 1.165) is 42.8 Å². The normalized spacial score (nSPS) is 29.0. The Bertz CT molecular complexity index is 801. The molecule has 3 aliphatic rings.